The fourth-order valence-electron chi connectivity index (χ4n) is 4.97. The second kappa shape index (κ2) is 11.1. The Hall–Kier alpha value is -1.88. The third-order valence-electron chi connectivity index (χ3n) is 6.96. The summed E-state index contributed by atoms with van der Waals surface area (Å²) in [6.45, 7) is 7.47. The highest BCUT2D eigenvalue weighted by atomic mass is 16.5. The van der Waals surface area contributed by atoms with E-state index in [1.165, 1.54) is 43.4 Å². The molecule has 0 spiro atoms. The van der Waals surface area contributed by atoms with E-state index in [4.69, 9.17) is 4.74 Å². The van der Waals surface area contributed by atoms with Gasteiger partial charge in [-0.2, -0.15) is 0 Å². The summed E-state index contributed by atoms with van der Waals surface area (Å²) in [5.74, 6) is 3.43. The van der Waals surface area contributed by atoms with Crippen LogP contribution in [-0.2, 0) is 6.54 Å². The average molecular weight is 423 g/mol. The quantitative estimate of drug-likeness (QED) is 0.618. The summed E-state index contributed by atoms with van der Waals surface area (Å²) in [4.78, 5) is 2.57. The highest BCUT2D eigenvalue weighted by Crippen LogP contribution is 2.30. The van der Waals surface area contributed by atoms with Gasteiger partial charge in [0.25, 0.3) is 0 Å². The molecule has 168 valence electrons. The lowest BCUT2D eigenvalue weighted by atomic mass is 9.81. The van der Waals surface area contributed by atoms with Crippen LogP contribution in [0.2, 0.25) is 0 Å². The van der Waals surface area contributed by atoms with Crippen molar-refractivity contribution in [2.45, 2.75) is 58.1 Å². The second-order valence-corrected chi connectivity index (χ2v) is 9.61. The fraction of sp³-hybridized carbons (Fsp3) is 0.556. The van der Waals surface area contributed by atoms with Crippen molar-refractivity contribution in [1.82, 2.24) is 10.2 Å². The van der Waals surface area contributed by atoms with Crippen molar-refractivity contribution in [2.75, 3.05) is 26.2 Å². The SMILES string of the molecule is Cc1ccc(Oc2cccc(CNCC3CCC(CN4CCC(O)CC4)CC3)c2)cc1. The fourth-order valence-corrected chi connectivity index (χ4v) is 4.97. The van der Waals surface area contributed by atoms with Gasteiger partial charge in [-0.3, -0.25) is 0 Å². The van der Waals surface area contributed by atoms with Crippen molar-refractivity contribution in [3.63, 3.8) is 0 Å². The first-order valence-corrected chi connectivity index (χ1v) is 12.1. The van der Waals surface area contributed by atoms with Crippen molar-refractivity contribution < 1.29 is 9.84 Å². The van der Waals surface area contributed by atoms with Gasteiger partial charge in [-0.25, -0.2) is 0 Å². The zero-order valence-corrected chi connectivity index (χ0v) is 18.9. The van der Waals surface area contributed by atoms with E-state index in [-0.39, 0.29) is 6.10 Å². The second-order valence-electron chi connectivity index (χ2n) is 9.61. The van der Waals surface area contributed by atoms with E-state index in [0.29, 0.717) is 0 Å². The molecule has 0 aromatic heterocycles. The number of nitrogens with one attached hydrogen (secondary N) is 1. The van der Waals surface area contributed by atoms with Crippen LogP contribution in [0.4, 0.5) is 0 Å². The molecule has 0 radical (unpaired) electrons. The summed E-state index contributed by atoms with van der Waals surface area (Å²) < 4.78 is 6.00. The largest absolute Gasteiger partial charge is 0.457 e. The summed E-state index contributed by atoms with van der Waals surface area (Å²) in [7, 11) is 0. The molecule has 1 saturated heterocycles. The van der Waals surface area contributed by atoms with E-state index in [9.17, 15) is 5.11 Å². The summed E-state index contributed by atoms with van der Waals surface area (Å²) >= 11 is 0. The number of ether oxygens (including phenoxy) is 1. The van der Waals surface area contributed by atoms with Gasteiger partial charge in [0.15, 0.2) is 0 Å². The van der Waals surface area contributed by atoms with Crippen LogP contribution in [0, 0.1) is 18.8 Å². The Morgan fingerprint density at radius 1 is 0.903 bits per heavy atom. The Morgan fingerprint density at radius 2 is 1.61 bits per heavy atom. The van der Waals surface area contributed by atoms with Gasteiger partial charge in [0, 0.05) is 26.2 Å². The summed E-state index contributed by atoms with van der Waals surface area (Å²) in [6, 6.07) is 16.6. The molecule has 31 heavy (non-hydrogen) atoms. The molecule has 2 N–H and O–H groups in total. The van der Waals surface area contributed by atoms with Crippen LogP contribution in [0.5, 0.6) is 11.5 Å². The summed E-state index contributed by atoms with van der Waals surface area (Å²) in [5, 5.41) is 13.4. The third kappa shape index (κ3) is 7.06. The van der Waals surface area contributed by atoms with Gasteiger partial charge >= 0.3 is 0 Å². The number of piperidine rings is 1. The molecule has 2 aliphatic rings. The highest BCUT2D eigenvalue weighted by Gasteiger charge is 2.24. The molecule has 1 aliphatic carbocycles. The normalized spacial score (nSPS) is 23.0. The average Bonchev–Trinajstić information content (AvgIpc) is 2.78. The van der Waals surface area contributed by atoms with Crippen molar-refractivity contribution in [2.24, 2.45) is 11.8 Å². The van der Waals surface area contributed by atoms with Gasteiger partial charge in [-0.15, -0.1) is 0 Å². The zero-order chi connectivity index (χ0) is 21.5. The van der Waals surface area contributed by atoms with E-state index in [2.05, 4.69) is 47.5 Å². The molecule has 0 atom stereocenters. The van der Waals surface area contributed by atoms with Crippen LogP contribution >= 0.6 is 0 Å². The molecule has 0 amide bonds. The first-order valence-electron chi connectivity index (χ1n) is 12.1. The first kappa shape index (κ1) is 22.3. The zero-order valence-electron chi connectivity index (χ0n) is 18.9. The predicted octanol–water partition coefficient (Wildman–Crippen LogP) is 5.14. The standard InChI is InChI=1S/C27H38N2O2/c1-21-5-11-26(12-6-21)31-27-4-2-3-24(17-27)19-28-18-22-7-9-23(10-8-22)20-29-15-13-25(30)14-16-29/h2-6,11-12,17,22-23,25,28,30H,7-10,13-16,18-20H2,1H3. The van der Waals surface area contributed by atoms with Crippen molar-refractivity contribution >= 4 is 0 Å². The lowest BCUT2D eigenvalue weighted by molar-refractivity contribution is 0.0687. The molecule has 2 aromatic rings. The van der Waals surface area contributed by atoms with E-state index >= 15 is 0 Å². The molecular weight excluding hydrogens is 384 g/mol. The minimum Gasteiger partial charge on any atom is -0.457 e. The molecule has 2 fully saturated rings. The first-order chi connectivity index (χ1) is 15.1. The number of aryl methyl sites for hydroxylation is 1. The van der Waals surface area contributed by atoms with E-state index in [0.717, 1.165) is 62.4 Å². The van der Waals surface area contributed by atoms with Gasteiger partial charge in [-0.05, 0) is 93.7 Å². The lowest BCUT2D eigenvalue weighted by Gasteiger charge is -2.35. The van der Waals surface area contributed by atoms with Crippen LogP contribution in [-0.4, -0.2) is 42.3 Å². The molecule has 4 heteroatoms. The Bertz CT molecular complexity index is 791. The number of aliphatic hydroxyl groups is 1. The van der Waals surface area contributed by atoms with Crippen LogP contribution < -0.4 is 10.1 Å². The van der Waals surface area contributed by atoms with Crippen LogP contribution in [0.15, 0.2) is 48.5 Å². The smallest absolute Gasteiger partial charge is 0.127 e. The Labute approximate surface area is 187 Å². The molecule has 1 aliphatic heterocycles. The van der Waals surface area contributed by atoms with Crippen molar-refractivity contribution in [3.8, 4) is 11.5 Å². The molecule has 0 bridgehead atoms. The molecule has 1 saturated carbocycles. The minimum absolute atomic E-state index is 0.0621. The Balaban J connectivity index is 1.15. The summed E-state index contributed by atoms with van der Waals surface area (Å²) in [6.07, 6.45) is 7.23. The van der Waals surface area contributed by atoms with Gasteiger partial charge in [-0.1, -0.05) is 29.8 Å². The van der Waals surface area contributed by atoms with Gasteiger partial charge in [0.2, 0.25) is 0 Å². The van der Waals surface area contributed by atoms with Crippen molar-refractivity contribution in [3.05, 3.63) is 59.7 Å². The number of nitrogens with zero attached hydrogens (tertiary/aromatic N) is 1. The maximum atomic E-state index is 9.68. The number of hydrogen-bond acceptors (Lipinski definition) is 4. The predicted molar refractivity (Wildman–Crippen MR) is 127 cm³/mol. The Morgan fingerprint density at radius 3 is 2.35 bits per heavy atom. The van der Waals surface area contributed by atoms with Gasteiger partial charge in [0.05, 0.1) is 6.10 Å². The van der Waals surface area contributed by atoms with Gasteiger partial charge < -0.3 is 20.1 Å². The lowest BCUT2D eigenvalue weighted by Crippen LogP contribution is -2.39. The number of likely N-dealkylation sites (tertiary alicyclic amines) is 1. The number of rotatable bonds is 8. The van der Waals surface area contributed by atoms with E-state index < -0.39 is 0 Å². The van der Waals surface area contributed by atoms with Crippen LogP contribution in [0.1, 0.15) is 49.7 Å². The van der Waals surface area contributed by atoms with Crippen molar-refractivity contribution in [1.29, 1.82) is 0 Å². The van der Waals surface area contributed by atoms with Gasteiger partial charge in [0.1, 0.15) is 11.5 Å². The summed E-state index contributed by atoms with van der Waals surface area (Å²) in [5.41, 5.74) is 2.51. The third-order valence-corrected chi connectivity index (χ3v) is 6.96. The molecule has 0 unspecified atom stereocenters. The molecule has 4 nitrogen and oxygen atoms in total. The Kier molecular flexibility index (Phi) is 8.01. The molecule has 2 aromatic carbocycles. The molecule has 4 rings (SSSR count). The maximum Gasteiger partial charge on any atom is 0.127 e. The highest BCUT2D eigenvalue weighted by molar-refractivity contribution is 5.35. The monoisotopic (exact) mass is 422 g/mol. The maximum absolute atomic E-state index is 9.68. The number of aliphatic hydroxyl groups excluding tert-OH is 1. The number of benzene rings is 2. The topological polar surface area (TPSA) is 44.7 Å². The van der Waals surface area contributed by atoms with E-state index in [1.54, 1.807) is 0 Å². The molecular formula is C27H38N2O2. The van der Waals surface area contributed by atoms with E-state index in [1.807, 2.05) is 18.2 Å². The van der Waals surface area contributed by atoms with Crippen LogP contribution in [0.25, 0.3) is 0 Å². The number of hydrogen-bond donors (Lipinski definition) is 2. The van der Waals surface area contributed by atoms with Crippen LogP contribution in [0.3, 0.4) is 0 Å². The molecule has 1 heterocycles. The minimum atomic E-state index is -0.0621.